The highest BCUT2D eigenvalue weighted by Crippen LogP contribution is 2.64. The minimum atomic E-state index is 0.534. The molecule has 2 nitrogen and oxygen atoms in total. The molecule has 1 N–H and O–H groups in total. The van der Waals surface area contributed by atoms with Crippen molar-refractivity contribution >= 4 is 5.71 Å². The Labute approximate surface area is 67.3 Å². The van der Waals surface area contributed by atoms with E-state index in [0.29, 0.717) is 5.41 Å². The first kappa shape index (κ1) is 7.14. The zero-order valence-corrected chi connectivity index (χ0v) is 7.17. The number of oxime groups is 1. The summed E-state index contributed by atoms with van der Waals surface area (Å²) in [6.07, 6.45) is 3.28. The molecule has 0 radical (unpaired) electrons. The first-order valence-corrected chi connectivity index (χ1v) is 4.36. The smallest absolute Gasteiger partial charge is 0.0574 e. The Hall–Kier alpha value is -0.530. The molecule has 0 aromatic heterocycles. The first-order chi connectivity index (χ1) is 5.16. The second-order valence-electron chi connectivity index (χ2n) is 4.44. The minimum Gasteiger partial charge on any atom is -0.411 e. The molecule has 2 aliphatic carbocycles. The number of hydrogen-bond donors (Lipinski definition) is 1. The number of hydrogen-bond acceptors (Lipinski definition) is 2. The molecule has 11 heavy (non-hydrogen) atoms. The van der Waals surface area contributed by atoms with E-state index in [2.05, 4.69) is 19.0 Å². The van der Waals surface area contributed by atoms with Crippen LogP contribution in [0.4, 0.5) is 0 Å². The van der Waals surface area contributed by atoms with E-state index in [-0.39, 0.29) is 0 Å². The van der Waals surface area contributed by atoms with Crippen molar-refractivity contribution < 1.29 is 5.21 Å². The van der Waals surface area contributed by atoms with E-state index in [0.717, 1.165) is 30.4 Å². The topological polar surface area (TPSA) is 32.6 Å². The lowest BCUT2D eigenvalue weighted by atomic mass is 9.99. The van der Waals surface area contributed by atoms with Gasteiger partial charge in [0.1, 0.15) is 0 Å². The zero-order chi connectivity index (χ0) is 8.06. The summed E-state index contributed by atoms with van der Waals surface area (Å²) in [5.41, 5.74) is 1.55. The average molecular weight is 153 g/mol. The summed E-state index contributed by atoms with van der Waals surface area (Å²) >= 11 is 0. The molecule has 0 aromatic carbocycles. The fraction of sp³-hybridized carbons (Fsp3) is 0.889. The Morgan fingerprint density at radius 3 is 2.73 bits per heavy atom. The Balaban J connectivity index is 2.08. The van der Waals surface area contributed by atoms with Crippen molar-refractivity contribution in [3.8, 4) is 0 Å². The van der Waals surface area contributed by atoms with Gasteiger partial charge in [0.2, 0.25) is 0 Å². The molecule has 0 amide bonds. The van der Waals surface area contributed by atoms with Crippen LogP contribution >= 0.6 is 0 Å². The Morgan fingerprint density at radius 1 is 1.45 bits per heavy atom. The van der Waals surface area contributed by atoms with Gasteiger partial charge in [0, 0.05) is 0 Å². The third-order valence-electron chi connectivity index (χ3n) is 3.63. The van der Waals surface area contributed by atoms with Gasteiger partial charge < -0.3 is 5.21 Å². The van der Waals surface area contributed by atoms with Crippen LogP contribution in [0.25, 0.3) is 0 Å². The summed E-state index contributed by atoms with van der Waals surface area (Å²) in [5, 5.41) is 11.9. The van der Waals surface area contributed by atoms with Crippen LogP contribution in [0.2, 0.25) is 0 Å². The van der Waals surface area contributed by atoms with Gasteiger partial charge in [0.05, 0.1) is 5.71 Å². The van der Waals surface area contributed by atoms with Crippen molar-refractivity contribution in [3.63, 3.8) is 0 Å². The molecule has 2 rings (SSSR count). The van der Waals surface area contributed by atoms with Gasteiger partial charge in [-0.15, -0.1) is 0 Å². The summed E-state index contributed by atoms with van der Waals surface area (Å²) < 4.78 is 0. The summed E-state index contributed by atoms with van der Waals surface area (Å²) in [5.74, 6) is 1.72. The average Bonchev–Trinajstić information content (AvgIpc) is 2.55. The standard InChI is InChI=1S/C9H15NO/c1-9(2)7-4-3-6(10-11)5-8(7)9/h7-8,11H,3-5H2,1-2H3/b10-6+/t7-,8?/m0/s1. The number of fused-ring (bicyclic) bond motifs is 1. The molecule has 0 aliphatic heterocycles. The second-order valence-corrected chi connectivity index (χ2v) is 4.44. The fourth-order valence-electron chi connectivity index (χ4n) is 2.60. The molecular formula is C9H15NO. The van der Waals surface area contributed by atoms with Gasteiger partial charge in [0.15, 0.2) is 0 Å². The highest BCUT2D eigenvalue weighted by molar-refractivity contribution is 5.85. The third-order valence-corrected chi connectivity index (χ3v) is 3.63. The molecule has 2 fully saturated rings. The van der Waals surface area contributed by atoms with Crippen molar-refractivity contribution in [1.29, 1.82) is 0 Å². The quantitative estimate of drug-likeness (QED) is 0.420. The summed E-state index contributed by atoms with van der Waals surface area (Å²) in [7, 11) is 0. The van der Waals surface area contributed by atoms with Gasteiger partial charge in [0.25, 0.3) is 0 Å². The lowest BCUT2D eigenvalue weighted by Gasteiger charge is -2.08. The van der Waals surface area contributed by atoms with E-state index in [1.54, 1.807) is 0 Å². The van der Waals surface area contributed by atoms with E-state index < -0.39 is 0 Å². The SMILES string of the molecule is CC1(C)C2C/C(=N/O)CC[C@@H]21. The third kappa shape index (κ3) is 0.883. The van der Waals surface area contributed by atoms with Crippen LogP contribution in [0, 0.1) is 17.3 Å². The van der Waals surface area contributed by atoms with Crippen LogP contribution in [0.5, 0.6) is 0 Å². The van der Waals surface area contributed by atoms with E-state index in [1.807, 2.05) is 0 Å². The van der Waals surface area contributed by atoms with E-state index in [4.69, 9.17) is 5.21 Å². The Kier molecular flexibility index (Phi) is 1.29. The Morgan fingerprint density at radius 2 is 2.18 bits per heavy atom. The van der Waals surface area contributed by atoms with Gasteiger partial charge in [-0.05, 0) is 36.5 Å². The molecule has 1 unspecified atom stereocenters. The van der Waals surface area contributed by atoms with Crippen LogP contribution in [0.3, 0.4) is 0 Å². The highest BCUT2D eigenvalue weighted by Gasteiger charge is 2.58. The van der Waals surface area contributed by atoms with Gasteiger partial charge in [-0.2, -0.15) is 0 Å². The molecule has 0 aromatic rings. The lowest BCUT2D eigenvalue weighted by Crippen LogP contribution is -2.06. The van der Waals surface area contributed by atoms with Gasteiger partial charge in [-0.1, -0.05) is 19.0 Å². The molecule has 62 valence electrons. The van der Waals surface area contributed by atoms with Crippen molar-refractivity contribution in [2.75, 3.05) is 0 Å². The first-order valence-electron chi connectivity index (χ1n) is 4.36. The molecule has 0 saturated heterocycles. The highest BCUT2D eigenvalue weighted by atomic mass is 16.4. The van der Waals surface area contributed by atoms with Crippen LogP contribution in [-0.2, 0) is 0 Å². The van der Waals surface area contributed by atoms with E-state index in [1.165, 1.54) is 6.42 Å². The molecule has 2 heteroatoms. The normalized spacial score (nSPS) is 43.6. The minimum absolute atomic E-state index is 0.534. The van der Waals surface area contributed by atoms with Crippen molar-refractivity contribution in [1.82, 2.24) is 0 Å². The predicted octanol–water partition coefficient (Wildman–Crippen LogP) is 2.27. The lowest BCUT2D eigenvalue weighted by molar-refractivity contribution is 0.314. The molecule has 0 heterocycles. The number of nitrogens with zero attached hydrogens (tertiary/aromatic N) is 1. The van der Waals surface area contributed by atoms with E-state index in [9.17, 15) is 0 Å². The van der Waals surface area contributed by atoms with Gasteiger partial charge >= 0.3 is 0 Å². The monoisotopic (exact) mass is 153 g/mol. The number of rotatable bonds is 0. The second kappa shape index (κ2) is 1.99. The van der Waals surface area contributed by atoms with Crippen molar-refractivity contribution in [3.05, 3.63) is 0 Å². The van der Waals surface area contributed by atoms with Gasteiger partial charge in [-0.25, -0.2) is 0 Å². The molecular weight excluding hydrogens is 138 g/mol. The van der Waals surface area contributed by atoms with Gasteiger partial charge in [-0.3, -0.25) is 0 Å². The maximum atomic E-state index is 8.59. The summed E-state index contributed by atoms with van der Waals surface area (Å²) in [6.45, 7) is 4.64. The van der Waals surface area contributed by atoms with Crippen molar-refractivity contribution in [2.45, 2.75) is 33.1 Å². The fourth-order valence-corrected chi connectivity index (χ4v) is 2.60. The van der Waals surface area contributed by atoms with Crippen LogP contribution in [0.1, 0.15) is 33.1 Å². The maximum Gasteiger partial charge on any atom is 0.0574 e. The predicted molar refractivity (Wildman–Crippen MR) is 43.8 cm³/mol. The maximum absolute atomic E-state index is 8.59. The molecule has 0 bridgehead atoms. The van der Waals surface area contributed by atoms with Crippen LogP contribution in [0.15, 0.2) is 5.16 Å². The molecule has 2 atom stereocenters. The largest absolute Gasteiger partial charge is 0.411 e. The molecule has 0 spiro atoms. The summed E-state index contributed by atoms with van der Waals surface area (Å²) in [4.78, 5) is 0. The summed E-state index contributed by atoms with van der Waals surface area (Å²) in [6, 6.07) is 0. The molecule has 2 aliphatic rings. The van der Waals surface area contributed by atoms with Crippen LogP contribution < -0.4 is 0 Å². The Bertz CT molecular complexity index is 208. The van der Waals surface area contributed by atoms with Crippen LogP contribution in [-0.4, -0.2) is 10.9 Å². The van der Waals surface area contributed by atoms with E-state index >= 15 is 0 Å². The molecule has 2 saturated carbocycles. The van der Waals surface area contributed by atoms with Crippen molar-refractivity contribution in [2.24, 2.45) is 22.4 Å². The zero-order valence-electron chi connectivity index (χ0n) is 7.17.